The highest BCUT2D eigenvalue weighted by Crippen LogP contribution is 2.43. The largest absolute Gasteiger partial charge is 0.507 e. The summed E-state index contributed by atoms with van der Waals surface area (Å²) in [5, 5.41) is 11.5. The molecule has 3 aromatic rings. The second kappa shape index (κ2) is 9.70. The van der Waals surface area contributed by atoms with E-state index in [-0.39, 0.29) is 17.3 Å². The van der Waals surface area contributed by atoms with Crippen molar-refractivity contribution in [2.24, 2.45) is 0 Å². The molecule has 1 saturated heterocycles. The van der Waals surface area contributed by atoms with Gasteiger partial charge < -0.3 is 19.0 Å². The Labute approximate surface area is 204 Å². The van der Waals surface area contributed by atoms with Gasteiger partial charge in [-0.1, -0.05) is 13.8 Å². The van der Waals surface area contributed by atoms with Crippen molar-refractivity contribution in [2.75, 3.05) is 18.6 Å². The van der Waals surface area contributed by atoms with Crippen molar-refractivity contribution >= 4 is 23.1 Å². The maximum absolute atomic E-state index is 13.3. The third kappa shape index (κ3) is 4.30. The molecule has 4 rings (SSSR count). The number of methoxy groups -OCH3 is 1. The number of hydrogen-bond donors (Lipinski definition) is 1. The summed E-state index contributed by atoms with van der Waals surface area (Å²) in [5.74, 6) is 0.0646. The Kier molecular flexibility index (Phi) is 6.69. The van der Waals surface area contributed by atoms with Gasteiger partial charge in [-0.05, 0) is 79.4 Å². The smallest absolute Gasteiger partial charge is 0.300 e. The van der Waals surface area contributed by atoms with Crippen LogP contribution in [0.15, 0.2) is 64.8 Å². The average Bonchev–Trinajstić information content (AvgIpc) is 3.46. The lowest BCUT2D eigenvalue weighted by atomic mass is 9.92. The number of rotatable bonds is 7. The number of furan rings is 1. The number of ether oxygens (including phenoxy) is 2. The summed E-state index contributed by atoms with van der Waals surface area (Å²) < 4.78 is 16.7. The van der Waals surface area contributed by atoms with E-state index in [0.717, 1.165) is 5.56 Å². The number of nitrogens with zero attached hydrogens (tertiary/aromatic N) is 1. The van der Waals surface area contributed by atoms with E-state index in [4.69, 9.17) is 13.9 Å². The maximum Gasteiger partial charge on any atom is 0.300 e. The minimum atomic E-state index is -0.924. The van der Waals surface area contributed by atoms with E-state index in [2.05, 4.69) is 0 Å². The first-order valence-electron chi connectivity index (χ1n) is 11.5. The fraction of sp³-hybridized carbons (Fsp3) is 0.286. The van der Waals surface area contributed by atoms with E-state index >= 15 is 0 Å². The fourth-order valence-corrected chi connectivity index (χ4v) is 4.41. The average molecular weight is 476 g/mol. The van der Waals surface area contributed by atoms with E-state index in [9.17, 15) is 14.7 Å². The summed E-state index contributed by atoms with van der Waals surface area (Å²) in [6.45, 7) is 8.26. The molecular formula is C28H29NO6. The topological polar surface area (TPSA) is 89.2 Å². The Balaban J connectivity index is 1.90. The quantitative estimate of drug-likeness (QED) is 0.266. The van der Waals surface area contributed by atoms with Crippen LogP contribution in [0.3, 0.4) is 0 Å². The predicted octanol–water partition coefficient (Wildman–Crippen LogP) is 5.75. The molecule has 1 amide bonds. The van der Waals surface area contributed by atoms with Gasteiger partial charge in [0.15, 0.2) is 0 Å². The molecule has 1 aliphatic rings. The van der Waals surface area contributed by atoms with Gasteiger partial charge in [0.2, 0.25) is 0 Å². The molecule has 7 nitrogen and oxygen atoms in total. The normalized spacial score (nSPS) is 17.3. The molecule has 0 bridgehead atoms. The van der Waals surface area contributed by atoms with Gasteiger partial charge in [0.05, 0.1) is 25.6 Å². The van der Waals surface area contributed by atoms with Crippen LogP contribution in [-0.2, 0) is 9.59 Å². The summed E-state index contributed by atoms with van der Waals surface area (Å²) in [6, 6.07) is 13.0. The molecule has 1 fully saturated rings. The SMILES string of the molecule is CCOc1ccc(N2C(=O)C(=O)/C(=C(/O)c3cc(C(C)C)c(OC)cc3C)C2c2ccco2)cc1. The second-order valence-corrected chi connectivity index (χ2v) is 8.68. The molecular weight excluding hydrogens is 446 g/mol. The first-order chi connectivity index (χ1) is 16.8. The fourth-order valence-electron chi connectivity index (χ4n) is 4.41. The minimum absolute atomic E-state index is 0.0261. The minimum Gasteiger partial charge on any atom is -0.507 e. The number of hydrogen-bond acceptors (Lipinski definition) is 6. The molecule has 0 saturated carbocycles. The van der Waals surface area contributed by atoms with Gasteiger partial charge >= 0.3 is 0 Å². The molecule has 0 spiro atoms. The van der Waals surface area contributed by atoms with Gasteiger partial charge in [0.1, 0.15) is 29.1 Å². The zero-order valence-corrected chi connectivity index (χ0v) is 20.5. The summed E-state index contributed by atoms with van der Waals surface area (Å²) >= 11 is 0. The number of anilines is 1. The molecule has 2 heterocycles. The molecule has 1 aromatic heterocycles. The molecule has 2 aromatic carbocycles. The number of carbonyl (C=O) groups excluding carboxylic acids is 2. The van der Waals surface area contributed by atoms with Crippen LogP contribution in [0.4, 0.5) is 5.69 Å². The highest BCUT2D eigenvalue weighted by molar-refractivity contribution is 6.51. The van der Waals surface area contributed by atoms with Gasteiger partial charge in [-0.3, -0.25) is 14.5 Å². The predicted molar refractivity (Wildman–Crippen MR) is 133 cm³/mol. The molecule has 0 radical (unpaired) electrons. The van der Waals surface area contributed by atoms with Crippen molar-refractivity contribution in [3.63, 3.8) is 0 Å². The first kappa shape index (κ1) is 24.1. The number of aryl methyl sites for hydroxylation is 1. The number of ketones is 1. The Bertz CT molecular complexity index is 1270. The molecule has 1 atom stereocenters. The Morgan fingerprint density at radius 1 is 1.14 bits per heavy atom. The lowest BCUT2D eigenvalue weighted by molar-refractivity contribution is -0.132. The molecule has 1 aliphatic heterocycles. The number of benzene rings is 2. The Morgan fingerprint density at radius 3 is 2.43 bits per heavy atom. The summed E-state index contributed by atoms with van der Waals surface area (Å²) in [5.41, 5.74) is 2.53. The number of Topliss-reactive ketones (excluding diaryl/α,β-unsaturated/α-hetero) is 1. The van der Waals surface area contributed by atoms with Crippen LogP contribution >= 0.6 is 0 Å². The van der Waals surface area contributed by atoms with E-state index in [1.165, 1.54) is 11.2 Å². The summed E-state index contributed by atoms with van der Waals surface area (Å²) in [4.78, 5) is 28.0. The summed E-state index contributed by atoms with van der Waals surface area (Å²) in [7, 11) is 1.60. The lowest BCUT2D eigenvalue weighted by Crippen LogP contribution is -2.29. The number of amides is 1. The molecule has 1 unspecified atom stereocenters. The van der Waals surface area contributed by atoms with E-state index < -0.39 is 17.7 Å². The molecule has 35 heavy (non-hydrogen) atoms. The van der Waals surface area contributed by atoms with Crippen molar-refractivity contribution in [1.82, 2.24) is 0 Å². The monoisotopic (exact) mass is 475 g/mol. The van der Waals surface area contributed by atoms with E-state index in [1.54, 1.807) is 43.5 Å². The zero-order valence-electron chi connectivity index (χ0n) is 20.5. The third-order valence-electron chi connectivity index (χ3n) is 6.14. The van der Waals surface area contributed by atoms with Gasteiger partial charge in [-0.2, -0.15) is 0 Å². The highest BCUT2D eigenvalue weighted by Gasteiger charge is 2.48. The van der Waals surface area contributed by atoms with Crippen LogP contribution in [-0.4, -0.2) is 30.5 Å². The van der Waals surface area contributed by atoms with Crippen LogP contribution in [0, 0.1) is 6.92 Å². The van der Waals surface area contributed by atoms with Crippen molar-refractivity contribution in [3.05, 3.63) is 82.8 Å². The first-order valence-corrected chi connectivity index (χ1v) is 11.5. The van der Waals surface area contributed by atoms with Gasteiger partial charge in [-0.25, -0.2) is 0 Å². The van der Waals surface area contributed by atoms with Crippen molar-refractivity contribution in [1.29, 1.82) is 0 Å². The highest BCUT2D eigenvalue weighted by atomic mass is 16.5. The second-order valence-electron chi connectivity index (χ2n) is 8.68. The number of aliphatic hydroxyl groups is 1. The van der Waals surface area contributed by atoms with Gasteiger partial charge in [0, 0.05) is 11.3 Å². The number of aliphatic hydroxyl groups excluding tert-OH is 1. The molecule has 0 aliphatic carbocycles. The summed E-state index contributed by atoms with van der Waals surface area (Å²) in [6.07, 6.45) is 1.48. The maximum atomic E-state index is 13.3. The van der Waals surface area contributed by atoms with E-state index in [1.807, 2.05) is 39.8 Å². The molecule has 7 heteroatoms. The molecule has 1 N–H and O–H groups in total. The zero-order chi connectivity index (χ0) is 25.3. The lowest BCUT2D eigenvalue weighted by Gasteiger charge is -2.24. The Hall–Kier alpha value is -4.00. The number of carbonyl (C=O) groups is 2. The molecule has 182 valence electrons. The standard InChI is InChI=1S/C28H29NO6/c1-6-34-19-11-9-18(10-12-19)29-25(22-8-7-13-35-22)24(27(31)28(29)32)26(30)21-15-20(16(2)3)23(33-5)14-17(21)4/h7-16,25,30H,6H2,1-5H3/b26-24+. The third-order valence-corrected chi connectivity index (χ3v) is 6.14. The van der Waals surface area contributed by atoms with E-state index in [0.29, 0.717) is 40.7 Å². The van der Waals surface area contributed by atoms with Gasteiger partial charge in [0.25, 0.3) is 11.7 Å². The Morgan fingerprint density at radius 2 is 1.86 bits per heavy atom. The van der Waals surface area contributed by atoms with Gasteiger partial charge in [-0.15, -0.1) is 0 Å². The van der Waals surface area contributed by atoms with Crippen LogP contribution in [0.5, 0.6) is 11.5 Å². The van der Waals surface area contributed by atoms with Crippen LogP contribution in [0.25, 0.3) is 5.76 Å². The van der Waals surface area contributed by atoms with Crippen molar-refractivity contribution in [2.45, 2.75) is 39.7 Å². The van der Waals surface area contributed by atoms with Crippen molar-refractivity contribution in [3.8, 4) is 11.5 Å². The van der Waals surface area contributed by atoms with Crippen molar-refractivity contribution < 1.29 is 28.6 Å². The van der Waals surface area contributed by atoms with Crippen LogP contribution in [0.1, 0.15) is 55.2 Å². The van der Waals surface area contributed by atoms with Crippen LogP contribution in [0.2, 0.25) is 0 Å². The van der Waals surface area contributed by atoms with Crippen LogP contribution < -0.4 is 14.4 Å².